The average molecular weight is 307 g/mol. The van der Waals surface area contributed by atoms with Gasteiger partial charge in [0.15, 0.2) is 4.34 Å². The minimum absolute atomic E-state index is 0.0158. The van der Waals surface area contributed by atoms with Crippen LogP contribution in [0.3, 0.4) is 0 Å². The van der Waals surface area contributed by atoms with E-state index in [9.17, 15) is 4.79 Å². The molecule has 106 valence electrons. The summed E-state index contributed by atoms with van der Waals surface area (Å²) >= 11 is 2.92. The Balaban J connectivity index is 1.98. The van der Waals surface area contributed by atoms with Crippen molar-refractivity contribution in [3.8, 4) is 0 Å². The summed E-state index contributed by atoms with van der Waals surface area (Å²) in [7, 11) is 0. The van der Waals surface area contributed by atoms with Crippen LogP contribution in [0, 0.1) is 27.7 Å². The summed E-state index contributed by atoms with van der Waals surface area (Å²) in [5.41, 5.74) is 4.30. The standard InChI is InChI=1S/C14H17N3OS2/c1-8-5-9(2)13(10(3)6-8)15-12(18)7-19-14-17-16-11(4)20-14/h5-6H,7H2,1-4H3,(H,15,18). The molecule has 0 aliphatic rings. The Morgan fingerprint density at radius 3 is 2.40 bits per heavy atom. The number of aromatic nitrogens is 2. The lowest BCUT2D eigenvalue weighted by Crippen LogP contribution is -2.15. The van der Waals surface area contributed by atoms with Crippen LogP contribution in [0.5, 0.6) is 0 Å². The molecule has 0 aliphatic carbocycles. The van der Waals surface area contributed by atoms with Gasteiger partial charge in [-0.2, -0.15) is 0 Å². The summed E-state index contributed by atoms with van der Waals surface area (Å²) in [5, 5.41) is 11.8. The van der Waals surface area contributed by atoms with Crippen molar-refractivity contribution in [1.29, 1.82) is 0 Å². The van der Waals surface area contributed by atoms with Crippen LogP contribution < -0.4 is 5.32 Å². The van der Waals surface area contributed by atoms with Crippen molar-refractivity contribution >= 4 is 34.7 Å². The molecule has 1 aromatic carbocycles. The van der Waals surface area contributed by atoms with Gasteiger partial charge in [0.25, 0.3) is 0 Å². The molecule has 2 rings (SSSR count). The lowest BCUT2D eigenvalue weighted by molar-refractivity contribution is -0.113. The second kappa shape index (κ2) is 6.37. The second-order valence-corrected chi connectivity index (χ2v) is 7.10. The number of thioether (sulfide) groups is 1. The Bertz CT molecular complexity index is 614. The first-order chi connectivity index (χ1) is 9.45. The summed E-state index contributed by atoms with van der Waals surface area (Å²) in [6.45, 7) is 7.98. The van der Waals surface area contributed by atoms with Crippen LogP contribution in [0.4, 0.5) is 5.69 Å². The van der Waals surface area contributed by atoms with E-state index in [2.05, 4.69) is 34.6 Å². The third-order valence-electron chi connectivity index (χ3n) is 2.78. The fraction of sp³-hybridized carbons (Fsp3) is 0.357. The monoisotopic (exact) mass is 307 g/mol. The van der Waals surface area contributed by atoms with E-state index in [0.29, 0.717) is 5.75 Å². The fourth-order valence-electron chi connectivity index (χ4n) is 2.02. The van der Waals surface area contributed by atoms with E-state index in [0.717, 1.165) is 26.2 Å². The number of rotatable bonds is 4. The molecular weight excluding hydrogens is 290 g/mol. The number of carbonyl (C=O) groups excluding carboxylic acids is 1. The number of anilines is 1. The van der Waals surface area contributed by atoms with Crippen LogP contribution in [0.15, 0.2) is 16.5 Å². The summed E-state index contributed by atoms with van der Waals surface area (Å²) in [6.07, 6.45) is 0. The molecule has 1 N–H and O–H groups in total. The maximum atomic E-state index is 12.0. The molecule has 0 radical (unpaired) electrons. The Kier molecular flexibility index (Phi) is 4.77. The van der Waals surface area contributed by atoms with Gasteiger partial charge in [-0.25, -0.2) is 0 Å². The zero-order valence-corrected chi connectivity index (χ0v) is 13.6. The molecule has 0 fully saturated rings. The number of nitrogens with zero attached hydrogens (tertiary/aromatic N) is 2. The summed E-state index contributed by atoms with van der Waals surface area (Å²) in [5.74, 6) is 0.333. The molecule has 0 bridgehead atoms. The summed E-state index contributed by atoms with van der Waals surface area (Å²) in [4.78, 5) is 12.0. The Morgan fingerprint density at radius 1 is 1.20 bits per heavy atom. The predicted molar refractivity (Wildman–Crippen MR) is 84.7 cm³/mol. The normalized spacial score (nSPS) is 10.6. The van der Waals surface area contributed by atoms with Gasteiger partial charge >= 0.3 is 0 Å². The van der Waals surface area contributed by atoms with Gasteiger partial charge in [0.05, 0.1) is 5.75 Å². The van der Waals surface area contributed by atoms with Crippen molar-refractivity contribution in [2.45, 2.75) is 32.0 Å². The second-order valence-electron chi connectivity index (χ2n) is 4.70. The first-order valence-corrected chi connectivity index (χ1v) is 8.06. The molecule has 0 saturated carbocycles. The molecule has 1 heterocycles. The molecule has 6 heteroatoms. The third kappa shape index (κ3) is 3.80. The van der Waals surface area contributed by atoms with E-state index < -0.39 is 0 Å². The highest BCUT2D eigenvalue weighted by molar-refractivity contribution is 8.01. The van der Waals surface area contributed by atoms with Gasteiger partial charge in [-0.3, -0.25) is 4.79 Å². The summed E-state index contributed by atoms with van der Waals surface area (Å²) < 4.78 is 0.829. The molecule has 0 atom stereocenters. The van der Waals surface area contributed by atoms with Gasteiger partial charge < -0.3 is 5.32 Å². The van der Waals surface area contributed by atoms with Gasteiger partial charge in [-0.15, -0.1) is 10.2 Å². The van der Waals surface area contributed by atoms with Crippen LogP contribution in [0.2, 0.25) is 0 Å². The van der Waals surface area contributed by atoms with Crippen molar-refractivity contribution in [1.82, 2.24) is 10.2 Å². The highest BCUT2D eigenvalue weighted by Crippen LogP contribution is 2.24. The van der Waals surface area contributed by atoms with Crippen molar-refractivity contribution in [2.75, 3.05) is 11.1 Å². The molecule has 0 aliphatic heterocycles. The largest absolute Gasteiger partial charge is 0.325 e. The zero-order chi connectivity index (χ0) is 14.7. The van der Waals surface area contributed by atoms with E-state index in [-0.39, 0.29) is 5.91 Å². The predicted octanol–water partition coefficient (Wildman–Crippen LogP) is 3.50. The van der Waals surface area contributed by atoms with E-state index in [1.165, 1.54) is 28.7 Å². The van der Waals surface area contributed by atoms with Gasteiger partial charge in [0.2, 0.25) is 5.91 Å². The molecule has 1 aromatic heterocycles. The van der Waals surface area contributed by atoms with Crippen LogP contribution >= 0.6 is 23.1 Å². The minimum atomic E-state index is -0.0158. The lowest BCUT2D eigenvalue weighted by Gasteiger charge is -2.12. The Morgan fingerprint density at radius 2 is 1.85 bits per heavy atom. The molecule has 0 saturated heterocycles. The van der Waals surface area contributed by atoms with Crippen LogP contribution in [0.1, 0.15) is 21.7 Å². The van der Waals surface area contributed by atoms with Gasteiger partial charge in [-0.1, -0.05) is 40.8 Å². The molecule has 1 amide bonds. The minimum Gasteiger partial charge on any atom is -0.325 e. The SMILES string of the molecule is Cc1cc(C)c(NC(=O)CSc2nnc(C)s2)c(C)c1. The quantitative estimate of drug-likeness (QED) is 0.878. The van der Waals surface area contributed by atoms with Crippen LogP contribution in [-0.2, 0) is 4.79 Å². The molecule has 4 nitrogen and oxygen atoms in total. The summed E-state index contributed by atoms with van der Waals surface area (Å²) in [6, 6.07) is 4.15. The molecule has 0 spiro atoms. The van der Waals surface area contributed by atoms with Crippen molar-refractivity contribution in [3.63, 3.8) is 0 Å². The number of nitrogens with one attached hydrogen (secondary N) is 1. The van der Waals surface area contributed by atoms with E-state index >= 15 is 0 Å². The number of benzene rings is 1. The smallest absolute Gasteiger partial charge is 0.234 e. The molecular formula is C14H17N3OS2. The Hall–Kier alpha value is -1.40. The first-order valence-electron chi connectivity index (χ1n) is 6.26. The van der Waals surface area contributed by atoms with Gasteiger partial charge in [0.1, 0.15) is 5.01 Å². The number of aryl methyl sites for hydroxylation is 4. The highest BCUT2D eigenvalue weighted by Gasteiger charge is 2.10. The van der Waals surface area contributed by atoms with Crippen LogP contribution in [0.25, 0.3) is 0 Å². The molecule has 2 aromatic rings. The number of amides is 1. The Labute approximate surface area is 127 Å². The maximum absolute atomic E-state index is 12.0. The van der Waals surface area contributed by atoms with E-state index in [4.69, 9.17) is 0 Å². The first kappa shape index (κ1) is 15.0. The molecule has 20 heavy (non-hydrogen) atoms. The fourth-order valence-corrected chi connectivity index (χ4v) is 3.63. The maximum Gasteiger partial charge on any atom is 0.234 e. The molecule has 0 unspecified atom stereocenters. The third-order valence-corrected chi connectivity index (χ3v) is 4.75. The van der Waals surface area contributed by atoms with E-state index in [1.807, 2.05) is 20.8 Å². The van der Waals surface area contributed by atoms with E-state index in [1.54, 1.807) is 0 Å². The zero-order valence-electron chi connectivity index (χ0n) is 12.0. The lowest BCUT2D eigenvalue weighted by atomic mass is 10.1. The van der Waals surface area contributed by atoms with Crippen molar-refractivity contribution in [3.05, 3.63) is 33.8 Å². The number of hydrogen-bond acceptors (Lipinski definition) is 5. The van der Waals surface area contributed by atoms with Crippen molar-refractivity contribution in [2.24, 2.45) is 0 Å². The topological polar surface area (TPSA) is 54.9 Å². The average Bonchev–Trinajstić information content (AvgIpc) is 2.77. The number of carbonyl (C=O) groups is 1. The van der Waals surface area contributed by atoms with Gasteiger partial charge in [0, 0.05) is 5.69 Å². The van der Waals surface area contributed by atoms with Crippen molar-refractivity contribution < 1.29 is 4.79 Å². The number of hydrogen-bond donors (Lipinski definition) is 1. The van der Waals surface area contributed by atoms with Gasteiger partial charge in [-0.05, 0) is 38.8 Å². The van der Waals surface area contributed by atoms with Crippen LogP contribution in [-0.4, -0.2) is 21.9 Å². The highest BCUT2D eigenvalue weighted by atomic mass is 32.2.